The van der Waals surface area contributed by atoms with Crippen LogP contribution in [0, 0.1) is 0 Å². The highest BCUT2D eigenvalue weighted by Gasteiger charge is 2.15. The van der Waals surface area contributed by atoms with Crippen molar-refractivity contribution >= 4 is 5.91 Å². The van der Waals surface area contributed by atoms with Crippen LogP contribution in [0.1, 0.15) is 29.1 Å². The van der Waals surface area contributed by atoms with Crippen molar-refractivity contribution in [2.75, 3.05) is 27.4 Å². The minimum absolute atomic E-state index is 0.00981. The quantitative estimate of drug-likeness (QED) is 0.545. The minimum atomic E-state index is -0.949. The van der Waals surface area contributed by atoms with Gasteiger partial charge in [0.2, 0.25) is 0 Å². The van der Waals surface area contributed by atoms with Crippen LogP contribution in [0.3, 0.4) is 0 Å². The maximum Gasteiger partial charge on any atom is 0.271 e. The van der Waals surface area contributed by atoms with E-state index in [-0.39, 0.29) is 12.2 Å². The molecule has 3 aromatic rings. The van der Waals surface area contributed by atoms with E-state index < -0.39 is 12.0 Å². The molecular formula is C23H25N3O5. The number of carbonyl (C=O) groups excluding carboxylic acids is 1. The molecule has 1 atom stereocenters. The normalized spacial score (nSPS) is 11.5. The zero-order chi connectivity index (χ0) is 22.2. The zero-order valence-corrected chi connectivity index (χ0v) is 17.7. The lowest BCUT2D eigenvalue weighted by Crippen LogP contribution is -2.29. The fraction of sp³-hybridized carbons (Fsp3) is 0.261. The zero-order valence-electron chi connectivity index (χ0n) is 17.7. The lowest BCUT2D eigenvalue weighted by Gasteiger charge is -2.15. The van der Waals surface area contributed by atoms with Crippen LogP contribution in [0.4, 0.5) is 0 Å². The molecule has 1 aromatic heterocycles. The third-order valence-electron chi connectivity index (χ3n) is 4.54. The first kappa shape index (κ1) is 22.0. The van der Waals surface area contributed by atoms with Gasteiger partial charge in [0.05, 0.1) is 45.0 Å². The summed E-state index contributed by atoms with van der Waals surface area (Å²) in [7, 11) is 3.06. The maximum absolute atomic E-state index is 12.6. The molecule has 8 nitrogen and oxygen atoms in total. The summed E-state index contributed by atoms with van der Waals surface area (Å²) < 4.78 is 15.9. The third kappa shape index (κ3) is 5.70. The molecule has 2 N–H and O–H groups in total. The number of ether oxygens (including phenoxy) is 3. The van der Waals surface area contributed by atoms with E-state index in [9.17, 15) is 9.90 Å². The molecule has 0 aliphatic heterocycles. The van der Waals surface area contributed by atoms with Gasteiger partial charge in [0.25, 0.3) is 5.91 Å². The number of methoxy groups -OCH3 is 2. The van der Waals surface area contributed by atoms with Crippen LogP contribution in [-0.4, -0.2) is 48.4 Å². The van der Waals surface area contributed by atoms with E-state index in [1.807, 2.05) is 31.2 Å². The Balaban J connectivity index is 1.68. The van der Waals surface area contributed by atoms with Crippen molar-refractivity contribution in [3.8, 4) is 28.5 Å². The van der Waals surface area contributed by atoms with E-state index in [0.717, 1.165) is 11.3 Å². The second kappa shape index (κ2) is 10.4. The Morgan fingerprint density at radius 3 is 2.32 bits per heavy atom. The van der Waals surface area contributed by atoms with Gasteiger partial charge in [-0.1, -0.05) is 0 Å². The van der Waals surface area contributed by atoms with Gasteiger partial charge in [0.1, 0.15) is 22.9 Å². The Morgan fingerprint density at radius 1 is 1.03 bits per heavy atom. The highest BCUT2D eigenvalue weighted by atomic mass is 16.5. The number of amides is 1. The van der Waals surface area contributed by atoms with Crippen LogP contribution in [0.2, 0.25) is 0 Å². The molecule has 0 saturated carbocycles. The molecular weight excluding hydrogens is 398 g/mol. The number of aliphatic hydroxyl groups is 1. The van der Waals surface area contributed by atoms with Crippen molar-refractivity contribution in [3.63, 3.8) is 0 Å². The summed E-state index contributed by atoms with van der Waals surface area (Å²) in [6.45, 7) is 2.50. The summed E-state index contributed by atoms with van der Waals surface area (Å²) in [6.07, 6.45) is 2.02. The highest BCUT2D eigenvalue weighted by Crippen LogP contribution is 2.26. The first-order chi connectivity index (χ1) is 15.0. The number of hydrogen-bond donors (Lipinski definition) is 2. The molecule has 0 aliphatic rings. The van der Waals surface area contributed by atoms with E-state index in [1.54, 1.807) is 24.4 Å². The molecule has 0 aliphatic carbocycles. The van der Waals surface area contributed by atoms with Crippen molar-refractivity contribution in [3.05, 3.63) is 66.1 Å². The number of benzene rings is 2. The van der Waals surface area contributed by atoms with Crippen molar-refractivity contribution in [1.82, 2.24) is 15.3 Å². The largest absolute Gasteiger partial charge is 0.497 e. The summed E-state index contributed by atoms with van der Waals surface area (Å²) >= 11 is 0. The molecule has 31 heavy (non-hydrogen) atoms. The Labute approximate surface area is 180 Å². The Bertz CT molecular complexity index is 1000. The predicted molar refractivity (Wildman–Crippen MR) is 115 cm³/mol. The first-order valence-electron chi connectivity index (χ1n) is 9.78. The van der Waals surface area contributed by atoms with Gasteiger partial charge in [0, 0.05) is 18.2 Å². The molecule has 0 bridgehead atoms. The van der Waals surface area contributed by atoms with Crippen LogP contribution < -0.4 is 19.5 Å². The molecule has 0 radical (unpaired) electrons. The predicted octanol–water partition coefficient (Wildman–Crippen LogP) is 3.02. The summed E-state index contributed by atoms with van der Waals surface area (Å²) in [6, 6.07) is 12.5. The van der Waals surface area contributed by atoms with E-state index in [4.69, 9.17) is 14.2 Å². The number of aromatic nitrogens is 2. The molecule has 8 heteroatoms. The van der Waals surface area contributed by atoms with Gasteiger partial charge >= 0.3 is 0 Å². The average Bonchev–Trinajstić information content (AvgIpc) is 2.82. The Hall–Kier alpha value is -3.65. The average molecular weight is 423 g/mol. The lowest BCUT2D eigenvalue weighted by atomic mass is 10.1. The van der Waals surface area contributed by atoms with Crippen molar-refractivity contribution < 1.29 is 24.1 Å². The van der Waals surface area contributed by atoms with Crippen LogP contribution in [0.15, 0.2) is 54.9 Å². The second-order valence-electron chi connectivity index (χ2n) is 6.62. The second-order valence-corrected chi connectivity index (χ2v) is 6.62. The number of nitrogens with zero attached hydrogens (tertiary/aromatic N) is 2. The monoisotopic (exact) mass is 423 g/mol. The number of carbonyl (C=O) groups is 1. The van der Waals surface area contributed by atoms with Crippen molar-refractivity contribution in [1.29, 1.82) is 0 Å². The van der Waals surface area contributed by atoms with Gasteiger partial charge in [-0.25, -0.2) is 4.98 Å². The number of rotatable bonds is 9. The van der Waals surface area contributed by atoms with Crippen LogP contribution in [0.5, 0.6) is 17.2 Å². The Morgan fingerprint density at radius 2 is 1.71 bits per heavy atom. The maximum atomic E-state index is 12.6. The summed E-state index contributed by atoms with van der Waals surface area (Å²) in [5.74, 6) is 1.42. The summed E-state index contributed by atoms with van der Waals surface area (Å²) in [5, 5.41) is 13.2. The molecule has 0 spiro atoms. The topological polar surface area (TPSA) is 103 Å². The standard InChI is InChI=1S/C23H25N3O5/c1-4-31-17-7-5-15(6-8-17)20-12-24-13-21(26-20)23(28)25-14-22(27)16-9-18(29-2)11-19(10-16)30-3/h5-13,22,27H,4,14H2,1-3H3,(H,25,28)/t22-/m0/s1. The lowest BCUT2D eigenvalue weighted by molar-refractivity contribution is 0.0911. The van der Waals surface area contributed by atoms with Gasteiger partial charge < -0.3 is 24.6 Å². The van der Waals surface area contributed by atoms with Crippen molar-refractivity contribution in [2.24, 2.45) is 0 Å². The van der Waals surface area contributed by atoms with Crippen LogP contribution >= 0.6 is 0 Å². The number of nitrogens with one attached hydrogen (secondary N) is 1. The SMILES string of the molecule is CCOc1ccc(-c2cncc(C(=O)NC[C@H](O)c3cc(OC)cc(OC)c3)n2)cc1. The smallest absolute Gasteiger partial charge is 0.271 e. The van der Waals surface area contributed by atoms with Gasteiger partial charge in [-0.2, -0.15) is 0 Å². The van der Waals surface area contributed by atoms with Gasteiger partial charge in [-0.3, -0.25) is 9.78 Å². The Kier molecular flexibility index (Phi) is 7.40. The molecule has 162 valence electrons. The van der Waals surface area contributed by atoms with Crippen LogP contribution in [0.25, 0.3) is 11.3 Å². The molecule has 1 heterocycles. The molecule has 2 aromatic carbocycles. The number of hydrogen-bond acceptors (Lipinski definition) is 7. The molecule has 3 rings (SSSR count). The minimum Gasteiger partial charge on any atom is -0.497 e. The number of aliphatic hydroxyl groups excluding tert-OH is 1. The molecule has 0 unspecified atom stereocenters. The van der Waals surface area contributed by atoms with Crippen molar-refractivity contribution in [2.45, 2.75) is 13.0 Å². The van der Waals surface area contributed by atoms with E-state index >= 15 is 0 Å². The van der Waals surface area contributed by atoms with Gasteiger partial charge in [0.15, 0.2) is 0 Å². The fourth-order valence-electron chi connectivity index (χ4n) is 2.92. The van der Waals surface area contributed by atoms with E-state index in [2.05, 4.69) is 15.3 Å². The molecule has 1 amide bonds. The van der Waals surface area contributed by atoms with Crippen LogP contribution in [-0.2, 0) is 0 Å². The third-order valence-corrected chi connectivity index (χ3v) is 4.54. The van der Waals surface area contributed by atoms with Gasteiger partial charge in [-0.15, -0.1) is 0 Å². The summed E-state index contributed by atoms with van der Waals surface area (Å²) in [4.78, 5) is 21.1. The summed E-state index contributed by atoms with van der Waals surface area (Å²) in [5.41, 5.74) is 2.09. The first-order valence-corrected chi connectivity index (χ1v) is 9.78. The van der Waals surface area contributed by atoms with E-state index in [0.29, 0.717) is 29.4 Å². The fourth-order valence-corrected chi connectivity index (χ4v) is 2.92. The van der Waals surface area contributed by atoms with E-state index in [1.165, 1.54) is 20.4 Å². The highest BCUT2D eigenvalue weighted by molar-refractivity contribution is 5.92. The molecule has 0 saturated heterocycles. The van der Waals surface area contributed by atoms with Gasteiger partial charge in [-0.05, 0) is 48.9 Å². The molecule has 0 fully saturated rings.